The Balaban J connectivity index is 1.92. The third kappa shape index (κ3) is 6.69. The first-order valence-electron chi connectivity index (χ1n) is 8.97. The van der Waals surface area contributed by atoms with Gasteiger partial charge in [-0.05, 0) is 32.0 Å². The molecule has 2 aromatic rings. The summed E-state index contributed by atoms with van der Waals surface area (Å²) in [6.07, 6.45) is 1.65. The molecule has 0 spiro atoms. The second-order valence-corrected chi connectivity index (χ2v) is 5.86. The van der Waals surface area contributed by atoms with Crippen molar-refractivity contribution in [2.24, 2.45) is 4.99 Å². The average Bonchev–Trinajstić information content (AvgIpc) is 2.70. The zero-order valence-corrected chi connectivity index (χ0v) is 16.4. The average molecular weight is 372 g/mol. The molecule has 2 rings (SSSR count). The second kappa shape index (κ2) is 10.9. The minimum absolute atomic E-state index is 0.0473. The van der Waals surface area contributed by atoms with Gasteiger partial charge in [0.15, 0.2) is 5.96 Å². The van der Waals surface area contributed by atoms with E-state index in [1.165, 1.54) is 0 Å². The molecular formula is C20H28N4O3. The molecule has 0 saturated carbocycles. The molecule has 0 amide bonds. The molecule has 2 N–H and O–H groups in total. The molecule has 7 nitrogen and oxygen atoms in total. The summed E-state index contributed by atoms with van der Waals surface area (Å²) < 4.78 is 16.4. The Labute approximate surface area is 160 Å². The molecule has 0 saturated heterocycles. The van der Waals surface area contributed by atoms with Gasteiger partial charge in [-0.1, -0.05) is 12.1 Å². The number of rotatable bonds is 9. The van der Waals surface area contributed by atoms with Crippen LogP contribution in [0, 0.1) is 0 Å². The van der Waals surface area contributed by atoms with Gasteiger partial charge in [-0.3, -0.25) is 0 Å². The van der Waals surface area contributed by atoms with Gasteiger partial charge in [0.25, 0.3) is 0 Å². The van der Waals surface area contributed by atoms with E-state index in [1.807, 2.05) is 50.2 Å². The summed E-state index contributed by atoms with van der Waals surface area (Å²) in [7, 11) is 3.25. The summed E-state index contributed by atoms with van der Waals surface area (Å²) in [5.41, 5.74) is 0.929. The van der Waals surface area contributed by atoms with Crippen LogP contribution in [0.4, 0.5) is 0 Å². The van der Waals surface area contributed by atoms with Gasteiger partial charge in [0.2, 0.25) is 5.88 Å². The van der Waals surface area contributed by atoms with Crippen LogP contribution in [0.5, 0.6) is 17.4 Å². The van der Waals surface area contributed by atoms with E-state index < -0.39 is 0 Å². The van der Waals surface area contributed by atoms with E-state index >= 15 is 0 Å². The Kier molecular flexibility index (Phi) is 8.22. The normalized spacial score (nSPS) is 12.2. The number of aromatic nitrogens is 1. The lowest BCUT2D eigenvalue weighted by Gasteiger charge is -2.18. The number of benzene rings is 1. The van der Waals surface area contributed by atoms with Gasteiger partial charge in [-0.15, -0.1) is 0 Å². The third-order valence-electron chi connectivity index (χ3n) is 3.73. The van der Waals surface area contributed by atoms with Crippen LogP contribution in [-0.4, -0.2) is 44.4 Å². The Hall–Kier alpha value is -2.96. The quantitative estimate of drug-likeness (QED) is 0.520. The predicted octanol–water partition coefficient (Wildman–Crippen LogP) is 2.62. The van der Waals surface area contributed by atoms with Gasteiger partial charge >= 0.3 is 0 Å². The zero-order valence-electron chi connectivity index (χ0n) is 16.4. The first-order valence-corrected chi connectivity index (χ1v) is 8.97. The third-order valence-corrected chi connectivity index (χ3v) is 3.73. The van der Waals surface area contributed by atoms with Crippen LogP contribution in [0.25, 0.3) is 0 Å². The number of pyridine rings is 1. The van der Waals surface area contributed by atoms with E-state index in [9.17, 15) is 0 Å². The van der Waals surface area contributed by atoms with Crippen LogP contribution >= 0.6 is 0 Å². The molecule has 0 fully saturated rings. The fourth-order valence-corrected chi connectivity index (χ4v) is 2.42. The smallest absolute Gasteiger partial charge is 0.218 e. The fraction of sp³-hybridized carbons (Fsp3) is 0.400. The van der Waals surface area contributed by atoms with Gasteiger partial charge in [0, 0.05) is 24.4 Å². The van der Waals surface area contributed by atoms with Gasteiger partial charge in [0.1, 0.15) is 17.6 Å². The molecule has 0 aliphatic carbocycles. The maximum atomic E-state index is 5.93. The molecule has 27 heavy (non-hydrogen) atoms. The second-order valence-electron chi connectivity index (χ2n) is 5.86. The van der Waals surface area contributed by atoms with Gasteiger partial charge < -0.3 is 24.8 Å². The van der Waals surface area contributed by atoms with Crippen molar-refractivity contribution in [1.82, 2.24) is 15.6 Å². The van der Waals surface area contributed by atoms with E-state index in [2.05, 4.69) is 20.6 Å². The summed E-state index contributed by atoms with van der Waals surface area (Å²) >= 11 is 0. The maximum Gasteiger partial charge on any atom is 0.218 e. The van der Waals surface area contributed by atoms with Crippen molar-refractivity contribution >= 4 is 5.96 Å². The molecule has 1 aromatic heterocycles. The molecule has 1 unspecified atom stereocenters. The van der Waals surface area contributed by atoms with Gasteiger partial charge in [-0.25, -0.2) is 9.98 Å². The number of methoxy groups -OCH3 is 2. The van der Waals surface area contributed by atoms with Crippen LogP contribution in [0.2, 0.25) is 0 Å². The summed E-state index contributed by atoms with van der Waals surface area (Å²) in [6.45, 7) is 5.87. The highest BCUT2D eigenvalue weighted by atomic mass is 16.5. The molecule has 0 radical (unpaired) electrons. The Morgan fingerprint density at radius 2 is 1.93 bits per heavy atom. The molecule has 0 aliphatic rings. The number of guanidine groups is 1. The highest BCUT2D eigenvalue weighted by Crippen LogP contribution is 2.19. The van der Waals surface area contributed by atoms with Crippen molar-refractivity contribution in [3.8, 4) is 17.4 Å². The maximum absolute atomic E-state index is 5.93. The lowest BCUT2D eigenvalue weighted by atomic mass is 10.3. The molecule has 146 valence electrons. The minimum Gasteiger partial charge on any atom is -0.497 e. The molecule has 1 atom stereocenters. The molecule has 7 heteroatoms. The molecular weight excluding hydrogens is 344 g/mol. The van der Waals surface area contributed by atoms with E-state index in [1.54, 1.807) is 20.4 Å². The highest BCUT2D eigenvalue weighted by Gasteiger charge is 2.08. The minimum atomic E-state index is -0.0473. The summed E-state index contributed by atoms with van der Waals surface area (Å²) in [6, 6.07) is 11.4. The lowest BCUT2D eigenvalue weighted by Crippen LogP contribution is -2.41. The van der Waals surface area contributed by atoms with Crippen molar-refractivity contribution in [1.29, 1.82) is 0 Å². The first-order chi connectivity index (χ1) is 13.2. The van der Waals surface area contributed by atoms with Crippen LogP contribution in [-0.2, 0) is 6.54 Å². The number of nitrogens with one attached hydrogen (secondary N) is 2. The van der Waals surface area contributed by atoms with Crippen LogP contribution in [0.3, 0.4) is 0 Å². The standard InChI is InChI=1S/C20H28N4O3/c1-5-21-20(24-14-16-8-7-11-22-19(16)26-4)23-13-15(2)27-18-10-6-9-17(12-18)25-3/h6-12,15H,5,13-14H2,1-4H3,(H2,21,23,24). The van der Waals surface area contributed by atoms with Crippen molar-refractivity contribution < 1.29 is 14.2 Å². The van der Waals surface area contributed by atoms with Gasteiger partial charge in [-0.2, -0.15) is 0 Å². The lowest BCUT2D eigenvalue weighted by molar-refractivity contribution is 0.223. The van der Waals surface area contributed by atoms with Crippen LogP contribution in [0.1, 0.15) is 19.4 Å². The largest absolute Gasteiger partial charge is 0.497 e. The van der Waals surface area contributed by atoms with Crippen molar-refractivity contribution in [2.75, 3.05) is 27.3 Å². The van der Waals surface area contributed by atoms with Crippen molar-refractivity contribution in [3.63, 3.8) is 0 Å². The number of ether oxygens (including phenoxy) is 3. The molecule has 1 heterocycles. The van der Waals surface area contributed by atoms with E-state index in [0.29, 0.717) is 24.9 Å². The van der Waals surface area contributed by atoms with E-state index in [4.69, 9.17) is 14.2 Å². The summed E-state index contributed by atoms with van der Waals surface area (Å²) in [4.78, 5) is 8.79. The topological polar surface area (TPSA) is 77.0 Å². The number of aliphatic imine (C=N–C) groups is 1. The monoisotopic (exact) mass is 372 g/mol. The molecule has 0 bridgehead atoms. The first kappa shape index (κ1) is 20.4. The number of nitrogens with zero attached hydrogens (tertiary/aromatic N) is 2. The summed E-state index contributed by atoms with van der Waals surface area (Å²) in [5.74, 6) is 2.84. The van der Waals surface area contributed by atoms with Gasteiger partial charge in [0.05, 0.1) is 27.3 Å². The van der Waals surface area contributed by atoms with Crippen LogP contribution < -0.4 is 24.8 Å². The molecule has 0 aliphatic heterocycles. The van der Waals surface area contributed by atoms with E-state index in [-0.39, 0.29) is 6.10 Å². The Morgan fingerprint density at radius 1 is 1.11 bits per heavy atom. The predicted molar refractivity (Wildman–Crippen MR) is 107 cm³/mol. The SMILES string of the molecule is CCNC(=NCc1cccnc1OC)NCC(C)Oc1cccc(OC)c1. The zero-order chi connectivity index (χ0) is 19.5. The number of hydrogen-bond acceptors (Lipinski definition) is 5. The van der Waals surface area contributed by atoms with Crippen LogP contribution in [0.15, 0.2) is 47.6 Å². The fourth-order valence-electron chi connectivity index (χ4n) is 2.42. The Morgan fingerprint density at radius 3 is 2.67 bits per heavy atom. The van der Waals surface area contributed by atoms with E-state index in [0.717, 1.165) is 23.6 Å². The Bertz CT molecular complexity index is 737. The van der Waals surface area contributed by atoms with Crippen molar-refractivity contribution in [3.05, 3.63) is 48.2 Å². The molecule has 1 aromatic carbocycles. The highest BCUT2D eigenvalue weighted by molar-refractivity contribution is 5.79. The number of hydrogen-bond donors (Lipinski definition) is 2. The summed E-state index contributed by atoms with van der Waals surface area (Å²) in [5, 5.41) is 6.53. The van der Waals surface area contributed by atoms with Crippen molar-refractivity contribution in [2.45, 2.75) is 26.5 Å².